The Morgan fingerprint density at radius 3 is 2.08 bits per heavy atom. The highest BCUT2D eigenvalue weighted by Gasteiger charge is 2.66. The molecule has 9 heteroatoms. The Hall–Kier alpha value is -0.990. The first-order valence-corrected chi connectivity index (χ1v) is 7.46. The molecule has 24 heavy (non-hydrogen) atoms. The molecule has 3 unspecified atom stereocenters. The minimum atomic E-state index is -5.50. The van der Waals surface area contributed by atoms with E-state index >= 15 is 0 Å². The summed E-state index contributed by atoms with van der Waals surface area (Å²) in [6.45, 7) is 6.37. The smallest absolute Gasteiger partial charge is 0.471 e. The van der Waals surface area contributed by atoms with Crippen LogP contribution in [-0.2, 0) is 9.47 Å². The molecule has 0 radical (unpaired) electrons. The Bertz CT molecular complexity index is 515. The van der Waals surface area contributed by atoms with Crippen molar-refractivity contribution in [1.82, 2.24) is 0 Å². The Morgan fingerprint density at radius 2 is 1.58 bits per heavy atom. The molecule has 1 aliphatic heterocycles. The average molecular weight is 364 g/mol. The molecule has 2 nitrogen and oxygen atoms in total. The molecule has 2 bridgehead atoms. The molecular weight excluding hydrogens is 345 g/mol. The SMILES string of the molecule is CC1(C)C2CCC1(C)C1OCOC(CC(F)(F)F)=C21.FC(F)(F)F. The predicted molar refractivity (Wildman–Crippen MR) is 70.3 cm³/mol. The second kappa shape index (κ2) is 5.78. The van der Waals surface area contributed by atoms with E-state index in [2.05, 4.69) is 20.8 Å². The lowest BCUT2D eigenvalue weighted by atomic mass is 9.70. The molecule has 0 aromatic heterocycles. The van der Waals surface area contributed by atoms with Crippen LogP contribution in [0.15, 0.2) is 11.3 Å². The van der Waals surface area contributed by atoms with Gasteiger partial charge in [-0.2, -0.15) is 13.2 Å². The van der Waals surface area contributed by atoms with Gasteiger partial charge in [-0.25, -0.2) is 0 Å². The van der Waals surface area contributed by atoms with Crippen molar-refractivity contribution >= 4 is 0 Å². The van der Waals surface area contributed by atoms with E-state index in [0.29, 0.717) is 0 Å². The van der Waals surface area contributed by atoms with Crippen molar-refractivity contribution in [3.05, 3.63) is 11.3 Å². The third-order valence-corrected chi connectivity index (χ3v) is 5.68. The van der Waals surface area contributed by atoms with E-state index < -0.39 is 19.0 Å². The first-order valence-electron chi connectivity index (χ1n) is 7.46. The van der Waals surface area contributed by atoms with E-state index in [9.17, 15) is 30.7 Å². The molecule has 0 amide bonds. The first-order chi connectivity index (χ1) is 10.7. The van der Waals surface area contributed by atoms with Gasteiger partial charge in [0, 0.05) is 11.0 Å². The number of halogens is 7. The van der Waals surface area contributed by atoms with E-state index in [-0.39, 0.29) is 35.4 Å². The van der Waals surface area contributed by atoms with Gasteiger partial charge in [0.25, 0.3) is 0 Å². The van der Waals surface area contributed by atoms with Crippen LogP contribution >= 0.6 is 0 Å². The molecule has 0 N–H and O–H groups in total. The maximum Gasteiger partial charge on any atom is 0.559 e. The summed E-state index contributed by atoms with van der Waals surface area (Å²) in [5, 5.41) is 0. The molecule has 0 saturated heterocycles. The van der Waals surface area contributed by atoms with E-state index in [1.54, 1.807) is 0 Å². The zero-order valence-corrected chi connectivity index (χ0v) is 13.4. The number of fused-ring (bicyclic) bond motifs is 5. The van der Waals surface area contributed by atoms with E-state index in [4.69, 9.17) is 9.47 Å². The molecule has 3 aliphatic rings. The fraction of sp³-hybridized carbons (Fsp3) is 0.867. The standard InChI is InChI=1S/C14H19F3O2.CF4/c1-12(2)8-4-5-13(12,3)11-10(8)9(18-7-19-11)6-14(15,16)17;2-1(3,4)5/h8,11H,4-7H2,1-3H3;. The normalized spacial score (nSPS) is 34.4. The third kappa shape index (κ3) is 3.50. The molecule has 2 aliphatic carbocycles. The van der Waals surface area contributed by atoms with Gasteiger partial charge in [0.05, 0.1) is 6.10 Å². The summed E-state index contributed by atoms with van der Waals surface area (Å²) in [5.74, 6) is 0.269. The van der Waals surface area contributed by atoms with Crippen molar-refractivity contribution in [2.75, 3.05) is 6.79 Å². The van der Waals surface area contributed by atoms with Crippen molar-refractivity contribution in [3.63, 3.8) is 0 Å². The van der Waals surface area contributed by atoms with Crippen LogP contribution in [0.5, 0.6) is 0 Å². The number of hydrogen-bond acceptors (Lipinski definition) is 2. The van der Waals surface area contributed by atoms with Crippen molar-refractivity contribution in [1.29, 1.82) is 0 Å². The van der Waals surface area contributed by atoms with Gasteiger partial charge >= 0.3 is 12.6 Å². The topological polar surface area (TPSA) is 18.5 Å². The number of hydrogen-bond donors (Lipinski definition) is 0. The quantitative estimate of drug-likeness (QED) is 0.572. The summed E-state index contributed by atoms with van der Waals surface area (Å²) in [7, 11) is 0. The zero-order chi connectivity index (χ0) is 18.6. The number of ether oxygens (including phenoxy) is 2. The Kier molecular flexibility index (Phi) is 4.65. The Balaban J connectivity index is 0.000000368. The Labute approximate surface area is 135 Å². The van der Waals surface area contributed by atoms with Crippen LogP contribution in [0.4, 0.5) is 30.7 Å². The van der Waals surface area contributed by atoms with Crippen LogP contribution in [0.1, 0.15) is 40.0 Å². The zero-order valence-electron chi connectivity index (χ0n) is 13.4. The predicted octanol–water partition coefficient (Wildman–Crippen LogP) is 5.50. The molecule has 2 fully saturated rings. The lowest BCUT2D eigenvalue weighted by Gasteiger charge is -2.40. The molecule has 3 atom stereocenters. The largest absolute Gasteiger partial charge is 0.559 e. The van der Waals surface area contributed by atoms with Crippen molar-refractivity contribution in [2.45, 2.75) is 58.7 Å². The van der Waals surface area contributed by atoms with Crippen LogP contribution in [-0.4, -0.2) is 25.5 Å². The van der Waals surface area contributed by atoms with Gasteiger partial charge in [0.1, 0.15) is 12.2 Å². The molecular formula is C15H19F7O2. The highest BCUT2D eigenvalue weighted by Crippen LogP contribution is 2.69. The second-order valence-electron chi connectivity index (χ2n) is 7.14. The summed E-state index contributed by atoms with van der Waals surface area (Å²) < 4.78 is 87.6. The van der Waals surface area contributed by atoms with Crippen LogP contribution in [0.25, 0.3) is 0 Å². The molecule has 140 valence electrons. The summed E-state index contributed by atoms with van der Waals surface area (Å²) in [6.07, 6.45) is -8.95. The molecule has 0 aromatic carbocycles. The van der Waals surface area contributed by atoms with Gasteiger partial charge in [0.15, 0.2) is 6.79 Å². The second-order valence-corrected chi connectivity index (χ2v) is 7.14. The fourth-order valence-electron chi connectivity index (χ4n) is 4.27. The number of allylic oxidation sites excluding steroid dienone is 1. The fourth-order valence-corrected chi connectivity index (χ4v) is 4.27. The summed E-state index contributed by atoms with van der Waals surface area (Å²) in [6, 6.07) is 0. The maximum atomic E-state index is 12.7. The highest BCUT2D eigenvalue weighted by atomic mass is 19.5. The first kappa shape index (κ1) is 19.3. The van der Waals surface area contributed by atoms with Gasteiger partial charge in [-0.3, -0.25) is 0 Å². The molecule has 3 rings (SSSR count). The van der Waals surface area contributed by atoms with Gasteiger partial charge in [-0.1, -0.05) is 20.8 Å². The molecule has 0 spiro atoms. The van der Waals surface area contributed by atoms with Crippen molar-refractivity contribution in [2.24, 2.45) is 16.7 Å². The van der Waals surface area contributed by atoms with Gasteiger partial charge in [-0.15, -0.1) is 17.6 Å². The van der Waals surface area contributed by atoms with Crippen LogP contribution < -0.4 is 0 Å². The minimum Gasteiger partial charge on any atom is -0.471 e. The number of alkyl halides is 7. The molecule has 0 aromatic rings. The Morgan fingerprint density at radius 1 is 1.04 bits per heavy atom. The summed E-state index contributed by atoms with van der Waals surface area (Å²) in [4.78, 5) is 0. The monoisotopic (exact) mass is 364 g/mol. The van der Waals surface area contributed by atoms with Crippen molar-refractivity contribution < 1.29 is 40.2 Å². The maximum absolute atomic E-state index is 12.7. The third-order valence-electron chi connectivity index (χ3n) is 5.68. The molecule has 2 saturated carbocycles. The summed E-state index contributed by atoms with van der Waals surface area (Å²) >= 11 is 0. The highest BCUT2D eigenvalue weighted by molar-refractivity contribution is 5.35. The van der Waals surface area contributed by atoms with Crippen LogP contribution in [0.2, 0.25) is 0 Å². The lowest BCUT2D eigenvalue weighted by Crippen LogP contribution is -2.40. The van der Waals surface area contributed by atoms with Crippen molar-refractivity contribution in [3.8, 4) is 0 Å². The summed E-state index contributed by atoms with van der Waals surface area (Å²) in [5.41, 5.74) is 0.674. The van der Waals surface area contributed by atoms with E-state index in [1.807, 2.05) is 0 Å². The van der Waals surface area contributed by atoms with Crippen LogP contribution in [0, 0.1) is 16.7 Å². The van der Waals surface area contributed by atoms with E-state index in [1.165, 1.54) is 0 Å². The lowest BCUT2D eigenvalue weighted by molar-refractivity contribution is -0.237. The van der Waals surface area contributed by atoms with E-state index in [0.717, 1.165) is 18.4 Å². The van der Waals surface area contributed by atoms with Gasteiger partial charge in [0.2, 0.25) is 0 Å². The minimum absolute atomic E-state index is 0.0302. The van der Waals surface area contributed by atoms with Crippen LogP contribution in [0.3, 0.4) is 0 Å². The number of rotatable bonds is 1. The molecule has 1 heterocycles. The average Bonchev–Trinajstić information content (AvgIpc) is 2.67. The van der Waals surface area contributed by atoms with Gasteiger partial charge in [-0.05, 0) is 24.2 Å². The van der Waals surface area contributed by atoms with Gasteiger partial charge < -0.3 is 9.47 Å².